The van der Waals surface area contributed by atoms with Crippen LogP contribution < -0.4 is 15.4 Å². The normalized spacial score (nSPS) is 10.6. The van der Waals surface area contributed by atoms with Crippen LogP contribution in [0.2, 0.25) is 0 Å². The van der Waals surface area contributed by atoms with Gasteiger partial charge in [-0.15, -0.1) is 0 Å². The second-order valence-electron chi connectivity index (χ2n) is 6.60. The summed E-state index contributed by atoms with van der Waals surface area (Å²) in [7, 11) is 1.53. The zero-order valence-corrected chi connectivity index (χ0v) is 16.4. The van der Waals surface area contributed by atoms with E-state index < -0.39 is 4.92 Å². The number of methoxy groups -OCH3 is 1. The lowest BCUT2D eigenvalue weighted by Crippen LogP contribution is -2.07. The molecule has 0 aliphatic heterocycles. The molecular formula is C22H19N5O3. The molecule has 1 heterocycles. The molecule has 3 aromatic carbocycles. The number of nitrogens with one attached hydrogen (secondary N) is 2. The highest BCUT2D eigenvalue weighted by Gasteiger charge is 2.23. The Kier molecular flexibility index (Phi) is 5.13. The number of hydrogen-bond acceptors (Lipinski definition) is 7. The highest BCUT2D eigenvalue weighted by Crippen LogP contribution is 2.33. The predicted octanol–water partition coefficient (Wildman–Crippen LogP) is 5.34. The fourth-order valence-corrected chi connectivity index (χ4v) is 3.20. The van der Waals surface area contributed by atoms with Gasteiger partial charge in [0.05, 0.1) is 17.7 Å². The Hall–Kier alpha value is -4.20. The largest absolute Gasteiger partial charge is 0.495 e. The lowest BCUT2D eigenvalue weighted by molar-refractivity contribution is -0.385. The van der Waals surface area contributed by atoms with E-state index >= 15 is 0 Å². The summed E-state index contributed by atoms with van der Waals surface area (Å²) >= 11 is 0. The Morgan fingerprint density at radius 1 is 0.933 bits per heavy atom. The molecule has 0 radical (unpaired) electrons. The second-order valence-corrected chi connectivity index (χ2v) is 6.60. The average molecular weight is 401 g/mol. The Morgan fingerprint density at radius 2 is 1.67 bits per heavy atom. The number of nitrogens with zero attached hydrogens (tertiary/aromatic N) is 3. The fourth-order valence-electron chi connectivity index (χ4n) is 3.20. The highest BCUT2D eigenvalue weighted by atomic mass is 16.6. The van der Waals surface area contributed by atoms with Gasteiger partial charge in [0.1, 0.15) is 11.4 Å². The van der Waals surface area contributed by atoms with Gasteiger partial charge in [0.15, 0.2) is 0 Å². The summed E-state index contributed by atoms with van der Waals surface area (Å²) in [6, 6.07) is 21.0. The molecule has 4 rings (SSSR count). The maximum absolute atomic E-state index is 11.6. The lowest BCUT2D eigenvalue weighted by Gasteiger charge is -2.13. The van der Waals surface area contributed by atoms with Gasteiger partial charge in [0.25, 0.3) is 0 Å². The van der Waals surface area contributed by atoms with Crippen molar-refractivity contribution in [1.29, 1.82) is 0 Å². The van der Waals surface area contributed by atoms with Crippen molar-refractivity contribution in [3.63, 3.8) is 0 Å². The van der Waals surface area contributed by atoms with E-state index in [0.717, 1.165) is 16.5 Å². The molecule has 0 aliphatic rings. The minimum atomic E-state index is -0.493. The van der Waals surface area contributed by atoms with Crippen molar-refractivity contribution in [2.45, 2.75) is 6.92 Å². The number of rotatable bonds is 6. The van der Waals surface area contributed by atoms with Crippen LogP contribution in [-0.2, 0) is 0 Å². The molecule has 0 fully saturated rings. The maximum Gasteiger partial charge on any atom is 0.332 e. The summed E-state index contributed by atoms with van der Waals surface area (Å²) < 4.78 is 5.32. The topological polar surface area (TPSA) is 102 Å². The molecule has 4 aromatic rings. The third-order valence-corrected chi connectivity index (χ3v) is 4.61. The highest BCUT2D eigenvalue weighted by molar-refractivity contribution is 5.86. The molecule has 0 atom stereocenters. The number of aryl methyl sites for hydroxylation is 1. The van der Waals surface area contributed by atoms with Crippen molar-refractivity contribution in [1.82, 2.24) is 9.97 Å². The molecule has 8 heteroatoms. The molecule has 1 aromatic heterocycles. The van der Waals surface area contributed by atoms with Crippen LogP contribution in [0, 0.1) is 17.0 Å². The van der Waals surface area contributed by atoms with Crippen molar-refractivity contribution in [3.8, 4) is 5.75 Å². The average Bonchev–Trinajstić information content (AvgIpc) is 2.73. The summed E-state index contributed by atoms with van der Waals surface area (Å²) in [5.41, 5.74) is 1.41. The summed E-state index contributed by atoms with van der Waals surface area (Å²) in [5, 5.41) is 20.0. The van der Waals surface area contributed by atoms with E-state index in [1.54, 1.807) is 25.1 Å². The van der Waals surface area contributed by atoms with E-state index in [-0.39, 0.29) is 23.1 Å². The number of fused-ring (bicyclic) bond motifs is 1. The third-order valence-electron chi connectivity index (χ3n) is 4.61. The molecular weight excluding hydrogens is 382 g/mol. The van der Waals surface area contributed by atoms with Crippen molar-refractivity contribution < 1.29 is 9.66 Å². The van der Waals surface area contributed by atoms with Gasteiger partial charge < -0.3 is 15.4 Å². The molecule has 0 amide bonds. The fraction of sp³-hybridized carbons (Fsp3) is 0.0909. The summed E-state index contributed by atoms with van der Waals surface area (Å²) in [5.74, 6) is 0.887. The van der Waals surface area contributed by atoms with Gasteiger partial charge in [0, 0.05) is 5.69 Å². The standard InChI is InChI=1S/C22H19N5O3/c1-14-20(27(28)29)21(25-18-9-5-6-10-19(18)30-2)26-22(23-14)24-17-12-11-15-7-3-4-8-16(15)13-17/h3-13H,1-2H3,(H2,23,24,25,26). The monoisotopic (exact) mass is 401 g/mol. The molecule has 150 valence electrons. The van der Waals surface area contributed by atoms with Crippen LogP contribution in [0.25, 0.3) is 10.8 Å². The molecule has 0 aliphatic carbocycles. The van der Waals surface area contributed by atoms with E-state index in [9.17, 15) is 10.1 Å². The molecule has 0 saturated heterocycles. The van der Waals surface area contributed by atoms with Crippen LogP contribution >= 0.6 is 0 Å². The van der Waals surface area contributed by atoms with E-state index in [0.29, 0.717) is 11.4 Å². The van der Waals surface area contributed by atoms with Gasteiger partial charge in [-0.2, -0.15) is 4.98 Å². The molecule has 8 nitrogen and oxygen atoms in total. The first kappa shape index (κ1) is 19.1. The Labute approximate surface area is 172 Å². The van der Waals surface area contributed by atoms with Gasteiger partial charge in [0.2, 0.25) is 11.8 Å². The van der Waals surface area contributed by atoms with Crippen LogP contribution in [0.4, 0.5) is 28.8 Å². The zero-order chi connectivity index (χ0) is 21.1. The molecule has 0 unspecified atom stereocenters. The number of anilines is 4. The van der Waals surface area contributed by atoms with E-state index in [2.05, 4.69) is 20.6 Å². The van der Waals surface area contributed by atoms with Crippen LogP contribution in [0.1, 0.15) is 5.69 Å². The van der Waals surface area contributed by atoms with Crippen LogP contribution in [0.5, 0.6) is 5.75 Å². The summed E-state index contributed by atoms with van der Waals surface area (Å²) in [6.45, 7) is 1.58. The van der Waals surface area contributed by atoms with Gasteiger partial charge >= 0.3 is 5.69 Å². The molecule has 2 N–H and O–H groups in total. The zero-order valence-electron chi connectivity index (χ0n) is 16.4. The van der Waals surface area contributed by atoms with Crippen LogP contribution in [-0.4, -0.2) is 22.0 Å². The van der Waals surface area contributed by atoms with E-state index in [4.69, 9.17) is 4.74 Å². The van der Waals surface area contributed by atoms with Gasteiger partial charge in [-0.25, -0.2) is 4.98 Å². The van der Waals surface area contributed by atoms with E-state index in [1.165, 1.54) is 7.11 Å². The SMILES string of the molecule is COc1ccccc1Nc1nc(Nc2ccc3ccccc3c2)nc(C)c1[N+](=O)[O-]. The van der Waals surface area contributed by atoms with Gasteiger partial charge in [-0.1, -0.05) is 42.5 Å². The van der Waals surface area contributed by atoms with Gasteiger partial charge in [-0.05, 0) is 42.0 Å². The molecule has 0 saturated carbocycles. The van der Waals surface area contributed by atoms with Crippen molar-refractivity contribution >= 4 is 39.6 Å². The van der Waals surface area contributed by atoms with Crippen LogP contribution in [0.15, 0.2) is 66.7 Å². The number of ether oxygens (including phenoxy) is 1. The smallest absolute Gasteiger partial charge is 0.332 e. The Morgan fingerprint density at radius 3 is 2.43 bits per heavy atom. The minimum Gasteiger partial charge on any atom is -0.495 e. The Bertz CT molecular complexity index is 1240. The molecule has 30 heavy (non-hydrogen) atoms. The number of benzene rings is 3. The third kappa shape index (κ3) is 3.83. The number of para-hydroxylation sites is 2. The van der Waals surface area contributed by atoms with Crippen molar-refractivity contribution in [2.75, 3.05) is 17.7 Å². The minimum absolute atomic E-state index is 0.0836. The lowest BCUT2D eigenvalue weighted by atomic mass is 10.1. The predicted molar refractivity (Wildman–Crippen MR) is 117 cm³/mol. The van der Waals surface area contributed by atoms with E-state index in [1.807, 2.05) is 48.5 Å². The first-order valence-electron chi connectivity index (χ1n) is 9.24. The number of nitro groups is 1. The number of hydrogen-bond donors (Lipinski definition) is 2. The summed E-state index contributed by atoms with van der Waals surface area (Å²) in [6.07, 6.45) is 0. The molecule has 0 spiro atoms. The van der Waals surface area contributed by atoms with Crippen molar-refractivity contribution in [3.05, 3.63) is 82.5 Å². The first-order valence-corrected chi connectivity index (χ1v) is 9.24. The van der Waals surface area contributed by atoms with Crippen molar-refractivity contribution in [2.24, 2.45) is 0 Å². The molecule has 0 bridgehead atoms. The Balaban J connectivity index is 1.73. The van der Waals surface area contributed by atoms with Crippen LogP contribution in [0.3, 0.4) is 0 Å². The maximum atomic E-state index is 11.6. The quantitative estimate of drug-likeness (QED) is 0.332. The number of aromatic nitrogens is 2. The van der Waals surface area contributed by atoms with Gasteiger partial charge in [-0.3, -0.25) is 10.1 Å². The second kappa shape index (κ2) is 8.04. The summed E-state index contributed by atoms with van der Waals surface area (Å²) in [4.78, 5) is 19.8. The first-order chi connectivity index (χ1) is 14.5.